The molecule has 1 saturated carbocycles. The minimum absolute atomic E-state index is 0. The van der Waals surface area contributed by atoms with Crippen LogP contribution in [0.25, 0.3) is 0 Å². The molecule has 2 aliphatic rings. The molecule has 1 aromatic rings. The van der Waals surface area contributed by atoms with E-state index in [4.69, 9.17) is 0 Å². The van der Waals surface area contributed by atoms with Gasteiger partial charge in [-0.15, -0.1) is 24.2 Å². The van der Waals surface area contributed by atoms with Crippen LogP contribution in [0.4, 0.5) is 5.69 Å². The van der Waals surface area contributed by atoms with Gasteiger partial charge in [0.2, 0.25) is 5.91 Å². The van der Waals surface area contributed by atoms with E-state index in [9.17, 15) is 4.79 Å². The summed E-state index contributed by atoms with van der Waals surface area (Å²) in [5.74, 6) is 0.655. The Morgan fingerprint density at radius 1 is 1.23 bits per heavy atom. The Morgan fingerprint density at radius 3 is 2.73 bits per heavy atom. The zero-order valence-electron chi connectivity index (χ0n) is 12.8. The first-order valence-electron chi connectivity index (χ1n) is 8.07. The van der Waals surface area contributed by atoms with E-state index < -0.39 is 0 Å². The summed E-state index contributed by atoms with van der Waals surface area (Å²) < 4.78 is 0. The van der Waals surface area contributed by atoms with E-state index in [1.807, 2.05) is 23.9 Å². The van der Waals surface area contributed by atoms with Crippen LogP contribution in [0.15, 0.2) is 29.2 Å². The quantitative estimate of drug-likeness (QED) is 0.848. The minimum atomic E-state index is 0. The molecule has 1 amide bonds. The fraction of sp³-hybridized carbons (Fsp3) is 0.588. The second kappa shape index (κ2) is 8.80. The molecular weight excluding hydrogens is 316 g/mol. The predicted molar refractivity (Wildman–Crippen MR) is 96.0 cm³/mol. The van der Waals surface area contributed by atoms with Gasteiger partial charge in [0.05, 0.1) is 5.69 Å². The summed E-state index contributed by atoms with van der Waals surface area (Å²) in [4.78, 5) is 13.4. The number of anilines is 1. The molecular formula is C17H25ClN2OS. The predicted octanol–water partition coefficient (Wildman–Crippen LogP) is 4.08. The van der Waals surface area contributed by atoms with Gasteiger partial charge in [-0.3, -0.25) is 4.79 Å². The van der Waals surface area contributed by atoms with Crippen molar-refractivity contribution in [2.45, 2.75) is 48.7 Å². The van der Waals surface area contributed by atoms with Crippen molar-refractivity contribution in [3.63, 3.8) is 0 Å². The topological polar surface area (TPSA) is 41.1 Å². The van der Waals surface area contributed by atoms with Gasteiger partial charge in [0.25, 0.3) is 0 Å². The molecule has 5 heteroatoms. The molecule has 1 heterocycles. The van der Waals surface area contributed by atoms with E-state index in [0.29, 0.717) is 12.3 Å². The van der Waals surface area contributed by atoms with Crippen molar-refractivity contribution >= 4 is 35.8 Å². The van der Waals surface area contributed by atoms with Gasteiger partial charge < -0.3 is 10.6 Å². The number of nitrogens with one attached hydrogen (secondary N) is 2. The molecule has 122 valence electrons. The minimum Gasteiger partial charge on any atom is -0.325 e. The molecule has 1 saturated heterocycles. The summed E-state index contributed by atoms with van der Waals surface area (Å²) in [6.07, 6.45) is 7.06. The first-order chi connectivity index (χ1) is 10.3. The van der Waals surface area contributed by atoms with E-state index >= 15 is 0 Å². The van der Waals surface area contributed by atoms with Crippen LogP contribution in [0.2, 0.25) is 0 Å². The van der Waals surface area contributed by atoms with Gasteiger partial charge in [-0.2, -0.15) is 0 Å². The lowest BCUT2D eigenvalue weighted by Gasteiger charge is -2.15. The van der Waals surface area contributed by atoms with Crippen molar-refractivity contribution in [3.8, 4) is 0 Å². The monoisotopic (exact) mass is 340 g/mol. The van der Waals surface area contributed by atoms with Gasteiger partial charge in [0.1, 0.15) is 0 Å². The van der Waals surface area contributed by atoms with Gasteiger partial charge in [-0.05, 0) is 50.4 Å². The standard InChI is InChI=1S/C17H24N2OS.ClH/c20-17(11-13-9-10-18-12-13)19-15-7-3-4-8-16(15)21-14-5-1-2-6-14;/h3-4,7-8,13-14,18H,1-2,5-6,9-12H2,(H,19,20);1H. The van der Waals surface area contributed by atoms with Crippen LogP contribution >= 0.6 is 24.2 Å². The number of benzene rings is 1. The Labute approximate surface area is 143 Å². The van der Waals surface area contributed by atoms with E-state index in [0.717, 1.165) is 30.4 Å². The number of amides is 1. The smallest absolute Gasteiger partial charge is 0.224 e. The summed E-state index contributed by atoms with van der Waals surface area (Å²) in [5.41, 5.74) is 0.991. The normalized spacial score (nSPS) is 21.5. The number of halogens is 1. The van der Waals surface area contributed by atoms with Gasteiger partial charge in [-0.25, -0.2) is 0 Å². The lowest BCUT2D eigenvalue weighted by Crippen LogP contribution is -2.18. The molecule has 0 radical (unpaired) electrons. The van der Waals surface area contributed by atoms with Crippen molar-refractivity contribution in [1.82, 2.24) is 5.32 Å². The molecule has 1 aliphatic carbocycles. The van der Waals surface area contributed by atoms with Gasteiger partial charge in [0.15, 0.2) is 0 Å². The van der Waals surface area contributed by atoms with E-state index in [1.54, 1.807) is 0 Å². The molecule has 0 aromatic heterocycles. The third-order valence-electron chi connectivity index (χ3n) is 4.39. The highest BCUT2D eigenvalue weighted by atomic mass is 35.5. The third-order valence-corrected chi connectivity index (χ3v) is 5.81. The van der Waals surface area contributed by atoms with Crippen molar-refractivity contribution in [2.24, 2.45) is 5.92 Å². The number of thioether (sulfide) groups is 1. The van der Waals surface area contributed by atoms with Crippen molar-refractivity contribution < 1.29 is 4.79 Å². The molecule has 2 N–H and O–H groups in total. The number of hydrogen-bond donors (Lipinski definition) is 2. The maximum atomic E-state index is 12.2. The maximum absolute atomic E-state index is 12.2. The average molecular weight is 341 g/mol. The summed E-state index contributed by atoms with van der Waals surface area (Å²) in [6, 6.07) is 8.23. The van der Waals surface area contributed by atoms with Crippen molar-refractivity contribution in [1.29, 1.82) is 0 Å². The molecule has 1 aromatic carbocycles. The molecule has 0 bridgehead atoms. The van der Waals surface area contributed by atoms with Gasteiger partial charge in [-0.1, -0.05) is 25.0 Å². The molecule has 0 spiro atoms. The van der Waals surface area contributed by atoms with Crippen molar-refractivity contribution in [3.05, 3.63) is 24.3 Å². The molecule has 2 fully saturated rings. The summed E-state index contributed by atoms with van der Waals surface area (Å²) in [7, 11) is 0. The van der Waals surface area contributed by atoms with E-state index in [2.05, 4.69) is 22.8 Å². The van der Waals surface area contributed by atoms with Crippen molar-refractivity contribution in [2.75, 3.05) is 18.4 Å². The highest BCUT2D eigenvalue weighted by molar-refractivity contribution is 8.00. The van der Waals surface area contributed by atoms with Crippen LogP contribution in [0.5, 0.6) is 0 Å². The highest BCUT2D eigenvalue weighted by Gasteiger charge is 2.20. The summed E-state index contributed by atoms with van der Waals surface area (Å²) in [6.45, 7) is 2.03. The molecule has 3 nitrogen and oxygen atoms in total. The fourth-order valence-electron chi connectivity index (χ4n) is 3.21. The highest BCUT2D eigenvalue weighted by Crippen LogP contribution is 2.38. The zero-order valence-corrected chi connectivity index (χ0v) is 14.5. The lowest BCUT2D eigenvalue weighted by atomic mass is 10.0. The second-order valence-electron chi connectivity index (χ2n) is 6.13. The Morgan fingerprint density at radius 2 is 2.00 bits per heavy atom. The van der Waals surface area contributed by atoms with Gasteiger partial charge >= 0.3 is 0 Å². The molecule has 3 rings (SSSR count). The Hall–Kier alpha value is -0.710. The first-order valence-corrected chi connectivity index (χ1v) is 8.95. The van der Waals surface area contributed by atoms with Crippen LogP contribution in [-0.2, 0) is 4.79 Å². The van der Waals surface area contributed by atoms with Crippen LogP contribution < -0.4 is 10.6 Å². The molecule has 1 atom stereocenters. The number of rotatable bonds is 5. The van der Waals surface area contributed by atoms with Gasteiger partial charge in [0, 0.05) is 16.6 Å². The van der Waals surface area contributed by atoms with Crippen LogP contribution in [0.3, 0.4) is 0 Å². The molecule has 1 unspecified atom stereocenters. The Kier molecular flexibility index (Phi) is 7.06. The number of para-hydroxylation sites is 1. The Bertz CT molecular complexity index is 485. The van der Waals surface area contributed by atoms with E-state index in [-0.39, 0.29) is 18.3 Å². The maximum Gasteiger partial charge on any atom is 0.224 e. The molecule has 1 aliphatic heterocycles. The van der Waals surface area contributed by atoms with Crippen LogP contribution in [0, 0.1) is 5.92 Å². The van der Waals surface area contributed by atoms with Crippen LogP contribution in [0.1, 0.15) is 38.5 Å². The largest absolute Gasteiger partial charge is 0.325 e. The summed E-state index contributed by atoms with van der Waals surface area (Å²) in [5, 5.41) is 7.17. The zero-order chi connectivity index (χ0) is 14.5. The SMILES string of the molecule is Cl.O=C(CC1CCNC1)Nc1ccccc1SC1CCCC1. The Balaban J connectivity index is 0.00000176. The number of carbonyl (C=O) groups excluding carboxylic acids is 1. The number of carbonyl (C=O) groups is 1. The third kappa shape index (κ3) is 4.90. The second-order valence-corrected chi connectivity index (χ2v) is 7.47. The average Bonchev–Trinajstić information content (AvgIpc) is 3.14. The molecule has 22 heavy (non-hydrogen) atoms. The van der Waals surface area contributed by atoms with E-state index in [1.165, 1.54) is 30.6 Å². The lowest BCUT2D eigenvalue weighted by molar-refractivity contribution is -0.117. The summed E-state index contributed by atoms with van der Waals surface area (Å²) >= 11 is 1.94. The number of hydrogen-bond acceptors (Lipinski definition) is 3. The first kappa shape index (κ1) is 17.6. The fourth-order valence-corrected chi connectivity index (χ4v) is 4.54. The van der Waals surface area contributed by atoms with Crippen LogP contribution in [-0.4, -0.2) is 24.2 Å².